The number of benzene rings is 1. The Kier molecular flexibility index (Phi) is 5.61. The molecule has 0 radical (unpaired) electrons. The van der Waals surface area contributed by atoms with Crippen molar-refractivity contribution in [2.24, 2.45) is 0 Å². The first-order valence-electron chi connectivity index (χ1n) is 8.41. The SMILES string of the molecule is Cc1ccc(Nc2cc(NCCN3CCOCC3)ncn2)cc1C. The number of hydrogen-bond donors (Lipinski definition) is 2. The Balaban J connectivity index is 1.54. The predicted molar refractivity (Wildman–Crippen MR) is 97.0 cm³/mol. The molecule has 0 spiro atoms. The van der Waals surface area contributed by atoms with Crippen LogP contribution in [0, 0.1) is 13.8 Å². The number of nitrogens with zero attached hydrogens (tertiary/aromatic N) is 3. The summed E-state index contributed by atoms with van der Waals surface area (Å²) >= 11 is 0. The summed E-state index contributed by atoms with van der Waals surface area (Å²) in [6.45, 7) is 9.75. The average molecular weight is 327 g/mol. The highest BCUT2D eigenvalue weighted by molar-refractivity contribution is 5.60. The maximum Gasteiger partial charge on any atom is 0.135 e. The molecule has 2 N–H and O–H groups in total. The van der Waals surface area contributed by atoms with Gasteiger partial charge in [-0.3, -0.25) is 4.90 Å². The van der Waals surface area contributed by atoms with Crippen molar-refractivity contribution in [1.82, 2.24) is 14.9 Å². The largest absolute Gasteiger partial charge is 0.379 e. The summed E-state index contributed by atoms with van der Waals surface area (Å²) in [4.78, 5) is 11.0. The van der Waals surface area contributed by atoms with Gasteiger partial charge in [-0.2, -0.15) is 0 Å². The van der Waals surface area contributed by atoms with Crippen LogP contribution < -0.4 is 10.6 Å². The number of aryl methyl sites for hydroxylation is 2. The third-order valence-corrected chi connectivity index (χ3v) is 4.28. The number of anilines is 3. The van der Waals surface area contributed by atoms with Crippen LogP contribution in [-0.2, 0) is 4.74 Å². The van der Waals surface area contributed by atoms with E-state index >= 15 is 0 Å². The molecule has 1 fully saturated rings. The van der Waals surface area contributed by atoms with Gasteiger partial charge in [-0.1, -0.05) is 6.07 Å². The highest BCUT2D eigenvalue weighted by Crippen LogP contribution is 2.19. The molecule has 1 aromatic heterocycles. The number of ether oxygens (including phenoxy) is 1. The molecule has 6 nitrogen and oxygen atoms in total. The fourth-order valence-electron chi connectivity index (χ4n) is 2.66. The molecule has 0 atom stereocenters. The van der Waals surface area contributed by atoms with Crippen LogP contribution in [0.5, 0.6) is 0 Å². The van der Waals surface area contributed by atoms with Crippen LogP contribution in [0.3, 0.4) is 0 Å². The van der Waals surface area contributed by atoms with Gasteiger partial charge in [0.1, 0.15) is 18.0 Å². The van der Waals surface area contributed by atoms with Crippen LogP contribution in [0.1, 0.15) is 11.1 Å². The molecule has 24 heavy (non-hydrogen) atoms. The van der Waals surface area contributed by atoms with E-state index in [9.17, 15) is 0 Å². The van der Waals surface area contributed by atoms with Crippen molar-refractivity contribution >= 4 is 17.3 Å². The lowest BCUT2D eigenvalue weighted by molar-refractivity contribution is 0.0398. The molecule has 2 heterocycles. The van der Waals surface area contributed by atoms with Crippen LogP contribution in [0.25, 0.3) is 0 Å². The highest BCUT2D eigenvalue weighted by Gasteiger charge is 2.09. The third-order valence-electron chi connectivity index (χ3n) is 4.28. The second kappa shape index (κ2) is 8.08. The molecular formula is C18H25N5O. The van der Waals surface area contributed by atoms with Gasteiger partial charge < -0.3 is 15.4 Å². The van der Waals surface area contributed by atoms with Crippen LogP contribution >= 0.6 is 0 Å². The molecule has 0 amide bonds. The molecule has 0 saturated carbocycles. The lowest BCUT2D eigenvalue weighted by Crippen LogP contribution is -2.39. The molecule has 0 bridgehead atoms. The van der Waals surface area contributed by atoms with Gasteiger partial charge >= 0.3 is 0 Å². The fraction of sp³-hybridized carbons (Fsp3) is 0.444. The zero-order chi connectivity index (χ0) is 16.8. The maximum absolute atomic E-state index is 5.36. The van der Waals surface area contributed by atoms with Crippen LogP contribution in [0.4, 0.5) is 17.3 Å². The number of aromatic nitrogens is 2. The van der Waals surface area contributed by atoms with E-state index in [-0.39, 0.29) is 0 Å². The van der Waals surface area contributed by atoms with Crippen molar-refractivity contribution in [3.63, 3.8) is 0 Å². The molecule has 3 rings (SSSR count). The number of hydrogen-bond acceptors (Lipinski definition) is 6. The summed E-state index contributed by atoms with van der Waals surface area (Å²) in [5.41, 5.74) is 3.59. The lowest BCUT2D eigenvalue weighted by Gasteiger charge is -2.26. The van der Waals surface area contributed by atoms with Crippen molar-refractivity contribution in [3.8, 4) is 0 Å². The molecule has 6 heteroatoms. The second-order valence-corrected chi connectivity index (χ2v) is 6.09. The van der Waals surface area contributed by atoms with Crippen LogP contribution in [-0.4, -0.2) is 54.3 Å². The minimum atomic E-state index is 0.794. The van der Waals surface area contributed by atoms with Gasteiger partial charge in [0.25, 0.3) is 0 Å². The fourth-order valence-corrected chi connectivity index (χ4v) is 2.66. The summed E-state index contributed by atoms with van der Waals surface area (Å²) in [5.74, 6) is 1.63. The second-order valence-electron chi connectivity index (χ2n) is 6.09. The van der Waals surface area contributed by atoms with Gasteiger partial charge in [0.2, 0.25) is 0 Å². The van der Waals surface area contributed by atoms with E-state index < -0.39 is 0 Å². The topological polar surface area (TPSA) is 62.3 Å². The zero-order valence-electron chi connectivity index (χ0n) is 14.4. The molecule has 1 aliphatic heterocycles. The van der Waals surface area contributed by atoms with E-state index in [0.29, 0.717) is 0 Å². The van der Waals surface area contributed by atoms with E-state index in [2.05, 4.69) is 57.5 Å². The van der Waals surface area contributed by atoms with Crippen molar-refractivity contribution in [1.29, 1.82) is 0 Å². The summed E-state index contributed by atoms with van der Waals surface area (Å²) < 4.78 is 5.36. The van der Waals surface area contributed by atoms with Crippen molar-refractivity contribution in [3.05, 3.63) is 41.7 Å². The third kappa shape index (κ3) is 4.66. The monoisotopic (exact) mass is 327 g/mol. The number of morpholine rings is 1. The predicted octanol–water partition coefficient (Wildman–Crippen LogP) is 2.58. The summed E-state index contributed by atoms with van der Waals surface area (Å²) in [5, 5.41) is 6.70. The summed E-state index contributed by atoms with van der Waals surface area (Å²) in [7, 11) is 0. The van der Waals surface area contributed by atoms with E-state index in [4.69, 9.17) is 4.74 Å². The highest BCUT2D eigenvalue weighted by atomic mass is 16.5. The molecule has 0 unspecified atom stereocenters. The van der Waals surface area contributed by atoms with Gasteiger partial charge in [0.05, 0.1) is 13.2 Å². The van der Waals surface area contributed by atoms with E-state index in [1.54, 1.807) is 6.33 Å². The Bertz CT molecular complexity index is 670. The zero-order valence-corrected chi connectivity index (χ0v) is 14.4. The van der Waals surface area contributed by atoms with Gasteiger partial charge in [-0.25, -0.2) is 9.97 Å². The Morgan fingerprint density at radius 2 is 1.83 bits per heavy atom. The summed E-state index contributed by atoms with van der Waals surface area (Å²) in [6, 6.07) is 8.24. The molecule has 1 aromatic carbocycles. The van der Waals surface area contributed by atoms with E-state index in [1.807, 2.05) is 6.07 Å². The smallest absolute Gasteiger partial charge is 0.135 e. The first-order valence-corrected chi connectivity index (χ1v) is 8.41. The first-order chi connectivity index (χ1) is 11.7. The van der Waals surface area contributed by atoms with Crippen molar-refractivity contribution in [2.75, 3.05) is 50.0 Å². The minimum Gasteiger partial charge on any atom is -0.379 e. The molecule has 1 saturated heterocycles. The Hall–Kier alpha value is -2.18. The molecule has 2 aromatic rings. The van der Waals surface area contributed by atoms with E-state index in [0.717, 1.165) is 56.7 Å². The minimum absolute atomic E-state index is 0.794. The van der Waals surface area contributed by atoms with Crippen LogP contribution in [0.15, 0.2) is 30.6 Å². The van der Waals surface area contributed by atoms with Gasteiger partial charge in [-0.05, 0) is 37.1 Å². The quantitative estimate of drug-likeness (QED) is 0.850. The lowest BCUT2D eigenvalue weighted by atomic mass is 10.1. The Morgan fingerprint density at radius 3 is 2.62 bits per heavy atom. The van der Waals surface area contributed by atoms with Gasteiger partial charge in [0, 0.05) is 37.9 Å². The first kappa shape index (κ1) is 16.7. The standard InChI is InChI=1S/C18H25N5O/c1-14-3-4-16(11-15(14)2)22-18-12-17(20-13-21-18)19-5-6-23-7-9-24-10-8-23/h3-4,11-13H,5-10H2,1-2H3,(H2,19,20,21,22). The van der Waals surface area contributed by atoms with Crippen molar-refractivity contribution < 1.29 is 4.74 Å². The number of rotatable bonds is 6. The molecule has 1 aliphatic rings. The Morgan fingerprint density at radius 1 is 1.04 bits per heavy atom. The number of nitrogens with one attached hydrogen (secondary N) is 2. The summed E-state index contributed by atoms with van der Waals surface area (Å²) in [6.07, 6.45) is 1.58. The van der Waals surface area contributed by atoms with E-state index in [1.165, 1.54) is 11.1 Å². The van der Waals surface area contributed by atoms with Crippen LogP contribution in [0.2, 0.25) is 0 Å². The van der Waals surface area contributed by atoms with Gasteiger partial charge in [0.15, 0.2) is 0 Å². The average Bonchev–Trinajstić information content (AvgIpc) is 2.60. The molecular weight excluding hydrogens is 302 g/mol. The maximum atomic E-state index is 5.36. The normalized spacial score (nSPS) is 15.2. The Labute approximate surface area is 143 Å². The van der Waals surface area contributed by atoms with Crippen molar-refractivity contribution in [2.45, 2.75) is 13.8 Å². The molecule has 128 valence electrons. The van der Waals surface area contributed by atoms with Gasteiger partial charge in [-0.15, -0.1) is 0 Å². The molecule has 0 aliphatic carbocycles.